The van der Waals surface area contributed by atoms with E-state index in [0.717, 1.165) is 30.5 Å². The normalized spacial score (nSPS) is 12.9. The molecule has 0 saturated carbocycles. The lowest BCUT2D eigenvalue weighted by molar-refractivity contribution is 0.321. The minimum Gasteiger partial charge on any atom is -0.310 e. The van der Waals surface area contributed by atoms with Crippen LogP contribution in [0.1, 0.15) is 38.3 Å². The summed E-state index contributed by atoms with van der Waals surface area (Å²) < 4.78 is 1.14. The van der Waals surface area contributed by atoms with Crippen molar-refractivity contribution in [3.05, 3.63) is 34.3 Å². The van der Waals surface area contributed by atoms with Crippen molar-refractivity contribution >= 4 is 15.9 Å². The van der Waals surface area contributed by atoms with Gasteiger partial charge in [-0.1, -0.05) is 41.9 Å². The molecule has 102 valence electrons. The highest BCUT2D eigenvalue weighted by Gasteiger charge is 2.11. The van der Waals surface area contributed by atoms with Crippen molar-refractivity contribution in [3.8, 4) is 0 Å². The van der Waals surface area contributed by atoms with E-state index >= 15 is 0 Å². The molecule has 1 aromatic rings. The van der Waals surface area contributed by atoms with Crippen LogP contribution in [0.5, 0.6) is 0 Å². The van der Waals surface area contributed by atoms with Crippen LogP contribution in [0.2, 0.25) is 0 Å². The fraction of sp³-hybridized carbons (Fsp3) is 0.600. The predicted octanol–water partition coefficient (Wildman–Crippen LogP) is 3.83. The summed E-state index contributed by atoms with van der Waals surface area (Å²) in [4.78, 5) is 2.36. The highest BCUT2D eigenvalue weighted by atomic mass is 79.9. The molecule has 3 heteroatoms. The molecule has 0 aliphatic heterocycles. The quantitative estimate of drug-likeness (QED) is 0.784. The first-order valence-electron chi connectivity index (χ1n) is 6.84. The minimum absolute atomic E-state index is 0.465. The highest BCUT2D eigenvalue weighted by Crippen LogP contribution is 2.20. The van der Waals surface area contributed by atoms with Gasteiger partial charge in [-0.15, -0.1) is 0 Å². The third-order valence-corrected chi connectivity index (χ3v) is 3.78. The van der Waals surface area contributed by atoms with Gasteiger partial charge in [0.15, 0.2) is 0 Å². The van der Waals surface area contributed by atoms with Gasteiger partial charge in [0.25, 0.3) is 0 Å². The number of hydrogen-bond donors (Lipinski definition) is 1. The molecule has 18 heavy (non-hydrogen) atoms. The smallest absolute Gasteiger partial charge is 0.0332 e. The summed E-state index contributed by atoms with van der Waals surface area (Å²) in [7, 11) is 2.18. The first-order valence-corrected chi connectivity index (χ1v) is 7.64. The van der Waals surface area contributed by atoms with Crippen LogP contribution in [0.3, 0.4) is 0 Å². The summed E-state index contributed by atoms with van der Waals surface area (Å²) in [6.07, 6.45) is 2.34. The van der Waals surface area contributed by atoms with Crippen molar-refractivity contribution < 1.29 is 0 Å². The van der Waals surface area contributed by atoms with E-state index in [1.165, 1.54) is 12.0 Å². The molecule has 1 rings (SSSR count). The molecule has 0 aliphatic rings. The summed E-state index contributed by atoms with van der Waals surface area (Å²) in [5.41, 5.74) is 1.39. The van der Waals surface area contributed by atoms with Gasteiger partial charge in [-0.25, -0.2) is 0 Å². The summed E-state index contributed by atoms with van der Waals surface area (Å²) in [6.45, 7) is 7.74. The lowest BCUT2D eigenvalue weighted by atomic mass is 10.0. The SMILES string of the molecule is CCCNC(CCN(C)CC)c1ccc(Br)cc1. The monoisotopic (exact) mass is 312 g/mol. The molecule has 0 heterocycles. The number of benzene rings is 1. The number of halogens is 1. The van der Waals surface area contributed by atoms with Gasteiger partial charge >= 0.3 is 0 Å². The fourth-order valence-electron chi connectivity index (χ4n) is 1.91. The molecule has 1 N–H and O–H groups in total. The number of rotatable bonds is 8. The molecule has 0 aliphatic carbocycles. The fourth-order valence-corrected chi connectivity index (χ4v) is 2.17. The first-order chi connectivity index (χ1) is 8.67. The van der Waals surface area contributed by atoms with Crippen molar-refractivity contribution in [3.63, 3.8) is 0 Å². The maximum absolute atomic E-state index is 3.64. The molecule has 1 unspecified atom stereocenters. The Kier molecular flexibility index (Phi) is 7.56. The van der Waals surface area contributed by atoms with Gasteiger partial charge in [0.05, 0.1) is 0 Å². The van der Waals surface area contributed by atoms with Gasteiger partial charge in [-0.2, -0.15) is 0 Å². The molecule has 1 atom stereocenters. The predicted molar refractivity (Wildman–Crippen MR) is 83.0 cm³/mol. The molecule has 0 saturated heterocycles. The highest BCUT2D eigenvalue weighted by molar-refractivity contribution is 9.10. The van der Waals surface area contributed by atoms with Gasteiger partial charge < -0.3 is 10.2 Å². The third kappa shape index (κ3) is 5.51. The average Bonchev–Trinajstić information content (AvgIpc) is 2.40. The summed E-state index contributed by atoms with van der Waals surface area (Å²) in [5.74, 6) is 0. The third-order valence-electron chi connectivity index (χ3n) is 3.25. The van der Waals surface area contributed by atoms with Crippen molar-refractivity contribution in [2.45, 2.75) is 32.7 Å². The van der Waals surface area contributed by atoms with Gasteiger partial charge in [-0.3, -0.25) is 0 Å². The van der Waals surface area contributed by atoms with Crippen LogP contribution in [0.4, 0.5) is 0 Å². The Bertz CT molecular complexity index is 324. The van der Waals surface area contributed by atoms with Gasteiger partial charge in [0, 0.05) is 10.5 Å². The van der Waals surface area contributed by atoms with Crippen LogP contribution >= 0.6 is 15.9 Å². The maximum atomic E-state index is 3.64. The van der Waals surface area contributed by atoms with Gasteiger partial charge in [0.2, 0.25) is 0 Å². The molecule has 0 amide bonds. The molecular formula is C15H25BrN2. The van der Waals surface area contributed by atoms with Gasteiger partial charge in [0.1, 0.15) is 0 Å². The Hall–Kier alpha value is -0.380. The topological polar surface area (TPSA) is 15.3 Å². The van der Waals surface area contributed by atoms with Gasteiger partial charge in [-0.05, 0) is 57.2 Å². The molecule has 1 aromatic carbocycles. The van der Waals surface area contributed by atoms with E-state index in [4.69, 9.17) is 0 Å². The minimum atomic E-state index is 0.465. The number of nitrogens with one attached hydrogen (secondary N) is 1. The lowest BCUT2D eigenvalue weighted by Gasteiger charge is -2.22. The second-order valence-corrected chi connectivity index (χ2v) is 5.66. The van der Waals surface area contributed by atoms with Crippen LogP contribution in [0, 0.1) is 0 Å². The Labute approximate surface area is 120 Å². The molecule has 0 radical (unpaired) electrons. The van der Waals surface area contributed by atoms with E-state index in [-0.39, 0.29) is 0 Å². The van der Waals surface area contributed by atoms with Crippen molar-refractivity contribution in [1.82, 2.24) is 10.2 Å². The zero-order valence-corrected chi connectivity index (χ0v) is 13.3. The summed E-state index contributed by atoms with van der Waals surface area (Å²) in [6, 6.07) is 9.14. The van der Waals surface area contributed by atoms with E-state index in [9.17, 15) is 0 Å². The Balaban J connectivity index is 2.62. The lowest BCUT2D eigenvalue weighted by Crippen LogP contribution is -2.27. The maximum Gasteiger partial charge on any atom is 0.0332 e. The van der Waals surface area contributed by atoms with E-state index in [0.29, 0.717) is 6.04 Å². The zero-order chi connectivity index (χ0) is 13.4. The van der Waals surface area contributed by atoms with Crippen LogP contribution in [0.25, 0.3) is 0 Å². The standard InChI is InChI=1S/C15H25BrN2/c1-4-11-17-15(10-12-18(3)5-2)13-6-8-14(16)9-7-13/h6-9,15,17H,4-5,10-12H2,1-3H3. The molecule has 0 fully saturated rings. The van der Waals surface area contributed by atoms with E-state index < -0.39 is 0 Å². The molecular weight excluding hydrogens is 288 g/mol. The van der Waals surface area contributed by atoms with Crippen LogP contribution in [0.15, 0.2) is 28.7 Å². The zero-order valence-electron chi connectivity index (χ0n) is 11.7. The second kappa shape index (κ2) is 8.68. The molecule has 0 spiro atoms. The molecule has 2 nitrogen and oxygen atoms in total. The molecule has 0 bridgehead atoms. The summed E-state index contributed by atoms with van der Waals surface area (Å²) >= 11 is 3.49. The van der Waals surface area contributed by atoms with Crippen LogP contribution < -0.4 is 5.32 Å². The Morgan fingerprint density at radius 3 is 2.44 bits per heavy atom. The van der Waals surface area contributed by atoms with E-state index in [1.54, 1.807) is 0 Å². The first kappa shape index (κ1) is 15.7. The average molecular weight is 313 g/mol. The van der Waals surface area contributed by atoms with Crippen LogP contribution in [-0.2, 0) is 0 Å². The second-order valence-electron chi connectivity index (χ2n) is 4.74. The van der Waals surface area contributed by atoms with Crippen LogP contribution in [-0.4, -0.2) is 31.6 Å². The number of nitrogens with zero attached hydrogens (tertiary/aromatic N) is 1. The molecule has 0 aromatic heterocycles. The van der Waals surface area contributed by atoms with Crippen molar-refractivity contribution in [2.24, 2.45) is 0 Å². The Morgan fingerprint density at radius 2 is 1.89 bits per heavy atom. The van der Waals surface area contributed by atoms with E-state index in [2.05, 4.69) is 71.3 Å². The summed E-state index contributed by atoms with van der Waals surface area (Å²) in [5, 5.41) is 3.64. The van der Waals surface area contributed by atoms with E-state index in [1.807, 2.05) is 0 Å². The largest absolute Gasteiger partial charge is 0.310 e. The Morgan fingerprint density at radius 1 is 1.22 bits per heavy atom. The van der Waals surface area contributed by atoms with Crippen molar-refractivity contribution in [1.29, 1.82) is 0 Å². The number of hydrogen-bond acceptors (Lipinski definition) is 2. The van der Waals surface area contributed by atoms with Crippen molar-refractivity contribution in [2.75, 3.05) is 26.7 Å².